The molecule has 6 heteroatoms. The van der Waals surface area contributed by atoms with Gasteiger partial charge in [-0.25, -0.2) is 0 Å². The van der Waals surface area contributed by atoms with Crippen molar-refractivity contribution in [3.05, 3.63) is 36.5 Å². The highest BCUT2D eigenvalue weighted by atomic mass is 16.6. The first kappa shape index (κ1) is 74.6. The Bertz CT molecular complexity index is 1290. The van der Waals surface area contributed by atoms with E-state index in [0.29, 0.717) is 19.3 Å². The maximum absolute atomic E-state index is 12.9. The third-order valence-electron chi connectivity index (χ3n) is 15.6. The van der Waals surface area contributed by atoms with E-state index in [1.165, 1.54) is 270 Å². The van der Waals surface area contributed by atoms with Crippen molar-refractivity contribution in [1.82, 2.24) is 0 Å². The second-order valence-electron chi connectivity index (χ2n) is 23.5. The van der Waals surface area contributed by atoms with E-state index >= 15 is 0 Å². The zero-order valence-electron chi connectivity index (χ0n) is 52.0. The minimum Gasteiger partial charge on any atom is -0.462 e. The van der Waals surface area contributed by atoms with Crippen molar-refractivity contribution in [2.75, 3.05) is 13.2 Å². The molecular weight excluding hydrogens is 949 g/mol. The van der Waals surface area contributed by atoms with E-state index in [1.54, 1.807) is 0 Å². The number of rotatable bonds is 64. The lowest BCUT2D eigenvalue weighted by atomic mass is 10.0. The average Bonchev–Trinajstić information content (AvgIpc) is 3.43. The van der Waals surface area contributed by atoms with Gasteiger partial charge < -0.3 is 14.2 Å². The molecule has 452 valence electrons. The van der Waals surface area contributed by atoms with Gasteiger partial charge in [-0.2, -0.15) is 0 Å². The number of allylic oxidation sites excluding steroid dienone is 6. The quantitative estimate of drug-likeness (QED) is 0.0261. The first-order valence-electron chi connectivity index (χ1n) is 34.5. The van der Waals surface area contributed by atoms with Crippen LogP contribution in [-0.4, -0.2) is 37.2 Å². The zero-order valence-corrected chi connectivity index (χ0v) is 52.0. The van der Waals surface area contributed by atoms with E-state index in [4.69, 9.17) is 14.2 Å². The Morgan fingerprint density at radius 1 is 0.260 bits per heavy atom. The van der Waals surface area contributed by atoms with Crippen LogP contribution < -0.4 is 0 Å². The van der Waals surface area contributed by atoms with Gasteiger partial charge in [0, 0.05) is 19.3 Å². The van der Waals surface area contributed by atoms with Gasteiger partial charge in [0.05, 0.1) is 0 Å². The van der Waals surface area contributed by atoms with E-state index in [9.17, 15) is 14.4 Å². The van der Waals surface area contributed by atoms with Crippen molar-refractivity contribution in [2.24, 2.45) is 0 Å². The summed E-state index contributed by atoms with van der Waals surface area (Å²) in [6.45, 7) is 6.70. The molecule has 0 aromatic heterocycles. The van der Waals surface area contributed by atoms with Gasteiger partial charge in [-0.3, -0.25) is 14.4 Å². The minimum absolute atomic E-state index is 0.0672. The summed E-state index contributed by atoms with van der Waals surface area (Å²) in [6.07, 6.45) is 81.6. The maximum Gasteiger partial charge on any atom is 0.306 e. The summed E-state index contributed by atoms with van der Waals surface area (Å²) in [5.74, 6) is -0.842. The van der Waals surface area contributed by atoms with Gasteiger partial charge in [-0.1, -0.05) is 340 Å². The second-order valence-corrected chi connectivity index (χ2v) is 23.5. The summed E-state index contributed by atoms with van der Waals surface area (Å²) in [6, 6.07) is 0. The van der Waals surface area contributed by atoms with Crippen molar-refractivity contribution in [3.8, 4) is 0 Å². The fraction of sp³-hybridized carbons (Fsp3) is 0.873. The van der Waals surface area contributed by atoms with E-state index in [0.717, 1.165) is 70.6 Å². The van der Waals surface area contributed by atoms with Crippen molar-refractivity contribution in [1.29, 1.82) is 0 Å². The number of unbranched alkanes of at least 4 members (excludes halogenated alkanes) is 47. The Labute approximate surface area is 480 Å². The van der Waals surface area contributed by atoms with Gasteiger partial charge in [-0.05, 0) is 57.8 Å². The number of hydrogen-bond donors (Lipinski definition) is 0. The Morgan fingerprint density at radius 3 is 0.727 bits per heavy atom. The van der Waals surface area contributed by atoms with Crippen molar-refractivity contribution in [3.63, 3.8) is 0 Å². The lowest BCUT2D eigenvalue weighted by molar-refractivity contribution is -0.167. The lowest BCUT2D eigenvalue weighted by Gasteiger charge is -2.18. The van der Waals surface area contributed by atoms with Gasteiger partial charge in [0.2, 0.25) is 0 Å². The molecule has 0 saturated carbocycles. The highest BCUT2D eigenvalue weighted by molar-refractivity contribution is 5.71. The molecule has 0 aliphatic carbocycles. The molecule has 0 spiro atoms. The van der Waals surface area contributed by atoms with Crippen LogP contribution in [0.15, 0.2) is 36.5 Å². The number of carbonyl (C=O) groups is 3. The molecular formula is C71H132O6. The third-order valence-corrected chi connectivity index (χ3v) is 15.6. The van der Waals surface area contributed by atoms with E-state index in [-0.39, 0.29) is 31.1 Å². The fourth-order valence-corrected chi connectivity index (χ4v) is 10.5. The molecule has 0 aromatic rings. The minimum atomic E-state index is -0.770. The fourth-order valence-electron chi connectivity index (χ4n) is 10.5. The first-order valence-corrected chi connectivity index (χ1v) is 34.5. The second kappa shape index (κ2) is 66.1. The summed E-state index contributed by atoms with van der Waals surface area (Å²) in [4.78, 5) is 38.4. The predicted molar refractivity (Wildman–Crippen MR) is 335 cm³/mol. The van der Waals surface area contributed by atoms with Crippen molar-refractivity contribution >= 4 is 17.9 Å². The summed E-state index contributed by atoms with van der Waals surface area (Å²) in [5.41, 5.74) is 0. The molecule has 0 aromatic carbocycles. The van der Waals surface area contributed by atoms with Crippen LogP contribution in [-0.2, 0) is 28.6 Å². The highest BCUT2D eigenvalue weighted by Crippen LogP contribution is 2.18. The highest BCUT2D eigenvalue weighted by Gasteiger charge is 2.19. The Morgan fingerprint density at radius 2 is 0.468 bits per heavy atom. The van der Waals surface area contributed by atoms with Crippen LogP contribution in [0.25, 0.3) is 0 Å². The first-order chi connectivity index (χ1) is 38.0. The summed E-state index contributed by atoms with van der Waals surface area (Å²) >= 11 is 0. The average molecular weight is 1080 g/mol. The molecule has 0 bridgehead atoms. The van der Waals surface area contributed by atoms with Gasteiger partial charge in [-0.15, -0.1) is 0 Å². The number of esters is 3. The van der Waals surface area contributed by atoms with Gasteiger partial charge >= 0.3 is 17.9 Å². The SMILES string of the molecule is CCCCCCC/C=C\C/C=C\C/C=C\CCCCCCCCCCCCC(=O)OCC(COC(=O)CCCCCCCCCCCCCCC)OC(=O)CCCCCCCCCCCCCCCCCCCCCCC. The molecule has 77 heavy (non-hydrogen) atoms. The molecule has 0 amide bonds. The molecule has 0 aliphatic rings. The standard InChI is InChI=1S/C71H132O6/c1-4-7-10-13-16-19-22-25-27-29-31-33-34-35-36-38-39-41-43-46-49-52-55-58-61-64-70(73)76-67-68(66-75-69(72)63-60-57-54-51-48-45-24-21-18-15-12-9-6-3)77-71(74)65-62-59-56-53-50-47-44-42-40-37-32-30-28-26-23-20-17-14-11-8-5-2/h22,25,29,31,34-35,68H,4-21,23-24,26-28,30,32-33,36-67H2,1-3H3/b25-22-,31-29-,35-34-. The molecule has 1 unspecified atom stereocenters. The van der Waals surface area contributed by atoms with Gasteiger partial charge in [0.25, 0.3) is 0 Å². The number of hydrogen-bond acceptors (Lipinski definition) is 6. The van der Waals surface area contributed by atoms with Crippen molar-refractivity contribution < 1.29 is 28.6 Å². The number of ether oxygens (including phenoxy) is 3. The van der Waals surface area contributed by atoms with Crippen LogP contribution in [0.2, 0.25) is 0 Å². The van der Waals surface area contributed by atoms with Gasteiger partial charge in [0.15, 0.2) is 6.10 Å². The summed E-state index contributed by atoms with van der Waals surface area (Å²) in [7, 11) is 0. The molecule has 0 saturated heterocycles. The molecule has 0 N–H and O–H groups in total. The van der Waals surface area contributed by atoms with Crippen LogP contribution in [0.3, 0.4) is 0 Å². The van der Waals surface area contributed by atoms with E-state index < -0.39 is 6.10 Å². The topological polar surface area (TPSA) is 78.9 Å². The Hall–Kier alpha value is -2.37. The van der Waals surface area contributed by atoms with Gasteiger partial charge in [0.1, 0.15) is 13.2 Å². The maximum atomic E-state index is 12.9. The smallest absolute Gasteiger partial charge is 0.306 e. The largest absolute Gasteiger partial charge is 0.462 e. The predicted octanol–water partition coefficient (Wildman–Crippen LogP) is 23.6. The molecule has 0 radical (unpaired) electrons. The Kier molecular flexibility index (Phi) is 64.1. The summed E-state index contributed by atoms with van der Waals surface area (Å²) in [5, 5.41) is 0. The molecule has 0 aliphatic heterocycles. The van der Waals surface area contributed by atoms with Crippen LogP contribution in [0, 0.1) is 0 Å². The van der Waals surface area contributed by atoms with E-state index in [2.05, 4.69) is 57.2 Å². The van der Waals surface area contributed by atoms with Crippen molar-refractivity contribution in [2.45, 2.75) is 386 Å². The normalized spacial score (nSPS) is 12.2. The molecule has 0 heterocycles. The Balaban J connectivity index is 4.26. The van der Waals surface area contributed by atoms with Crippen LogP contribution in [0.5, 0.6) is 0 Å². The van der Waals surface area contributed by atoms with E-state index in [1.807, 2.05) is 0 Å². The molecule has 0 rings (SSSR count). The zero-order chi connectivity index (χ0) is 55.7. The molecule has 0 fully saturated rings. The lowest BCUT2D eigenvalue weighted by Crippen LogP contribution is -2.30. The third kappa shape index (κ3) is 64.3. The van der Waals surface area contributed by atoms with Crippen LogP contribution >= 0.6 is 0 Å². The number of carbonyl (C=O) groups excluding carboxylic acids is 3. The van der Waals surface area contributed by atoms with Crippen LogP contribution in [0.4, 0.5) is 0 Å². The molecule has 1 atom stereocenters. The summed E-state index contributed by atoms with van der Waals surface area (Å²) < 4.78 is 17.0. The molecule has 6 nitrogen and oxygen atoms in total. The van der Waals surface area contributed by atoms with Crippen LogP contribution in [0.1, 0.15) is 380 Å². The monoisotopic (exact) mass is 1080 g/mol.